The second-order valence-corrected chi connectivity index (χ2v) is 4.15. The van der Waals surface area contributed by atoms with Crippen molar-refractivity contribution in [2.45, 2.75) is 25.3 Å². The highest BCUT2D eigenvalue weighted by molar-refractivity contribution is 5.80. The van der Waals surface area contributed by atoms with E-state index in [4.69, 9.17) is 0 Å². The zero-order valence-corrected chi connectivity index (χ0v) is 8.92. The SMILES string of the molecule is CN1CCCN=C1NCC1CCCN1. The second-order valence-electron chi connectivity index (χ2n) is 4.15. The van der Waals surface area contributed by atoms with Gasteiger partial charge in [0.05, 0.1) is 0 Å². The van der Waals surface area contributed by atoms with Gasteiger partial charge in [-0.25, -0.2) is 0 Å². The lowest BCUT2D eigenvalue weighted by atomic mass is 10.2. The Balaban J connectivity index is 1.75. The first-order valence-electron chi connectivity index (χ1n) is 5.59. The quantitative estimate of drug-likeness (QED) is 0.654. The van der Waals surface area contributed by atoms with Crippen LogP contribution in [-0.4, -0.2) is 50.1 Å². The summed E-state index contributed by atoms with van der Waals surface area (Å²) in [6.45, 7) is 4.30. The summed E-state index contributed by atoms with van der Waals surface area (Å²) < 4.78 is 0. The third-order valence-electron chi connectivity index (χ3n) is 2.94. The molecule has 1 atom stereocenters. The summed E-state index contributed by atoms with van der Waals surface area (Å²) in [6, 6.07) is 0.646. The van der Waals surface area contributed by atoms with Crippen LogP contribution in [0, 0.1) is 0 Å². The van der Waals surface area contributed by atoms with Crippen LogP contribution in [0.25, 0.3) is 0 Å². The average Bonchev–Trinajstić information content (AvgIpc) is 2.69. The van der Waals surface area contributed by atoms with E-state index in [0.717, 1.165) is 25.6 Å². The van der Waals surface area contributed by atoms with Gasteiger partial charge in [-0.2, -0.15) is 0 Å². The Labute approximate surface area is 85.8 Å². The van der Waals surface area contributed by atoms with Crippen molar-refractivity contribution in [3.05, 3.63) is 0 Å². The largest absolute Gasteiger partial charge is 0.355 e. The van der Waals surface area contributed by atoms with Gasteiger partial charge in [0.2, 0.25) is 0 Å². The van der Waals surface area contributed by atoms with Gasteiger partial charge in [0.15, 0.2) is 5.96 Å². The zero-order valence-electron chi connectivity index (χ0n) is 8.92. The number of nitrogens with zero attached hydrogens (tertiary/aromatic N) is 2. The topological polar surface area (TPSA) is 39.7 Å². The first-order valence-corrected chi connectivity index (χ1v) is 5.59. The van der Waals surface area contributed by atoms with Crippen LogP contribution < -0.4 is 10.6 Å². The minimum absolute atomic E-state index is 0.646. The van der Waals surface area contributed by atoms with Crippen LogP contribution >= 0.6 is 0 Å². The molecule has 0 aromatic rings. The van der Waals surface area contributed by atoms with Gasteiger partial charge in [-0.3, -0.25) is 4.99 Å². The van der Waals surface area contributed by atoms with Gasteiger partial charge in [-0.05, 0) is 25.8 Å². The summed E-state index contributed by atoms with van der Waals surface area (Å²) in [5.74, 6) is 1.07. The average molecular weight is 196 g/mol. The lowest BCUT2D eigenvalue weighted by molar-refractivity contribution is 0.439. The molecule has 0 saturated carbocycles. The maximum absolute atomic E-state index is 4.48. The van der Waals surface area contributed by atoms with Crippen LogP contribution in [0.1, 0.15) is 19.3 Å². The van der Waals surface area contributed by atoms with E-state index >= 15 is 0 Å². The summed E-state index contributed by atoms with van der Waals surface area (Å²) in [4.78, 5) is 6.68. The predicted octanol–water partition coefficient (Wildman–Crippen LogP) is 0.0195. The number of hydrogen-bond donors (Lipinski definition) is 2. The number of rotatable bonds is 2. The van der Waals surface area contributed by atoms with Gasteiger partial charge >= 0.3 is 0 Å². The Hall–Kier alpha value is -0.770. The minimum Gasteiger partial charge on any atom is -0.355 e. The lowest BCUT2D eigenvalue weighted by Crippen LogP contribution is -2.46. The molecule has 0 aliphatic carbocycles. The van der Waals surface area contributed by atoms with Crippen LogP contribution in [0.4, 0.5) is 0 Å². The van der Waals surface area contributed by atoms with E-state index in [1.165, 1.54) is 25.8 Å². The Morgan fingerprint density at radius 3 is 3.21 bits per heavy atom. The first kappa shape index (κ1) is 9.77. The van der Waals surface area contributed by atoms with Crippen LogP contribution in [0.15, 0.2) is 4.99 Å². The molecule has 0 aromatic heterocycles. The fourth-order valence-electron chi connectivity index (χ4n) is 2.06. The lowest BCUT2D eigenvalue weighted by Gasteiger charge is -2.26. The molecule has 2 heterocycles. The van der Waals surface area contributed by atoms with Gasteiger partial charge in [-0.1, -0.05) is 0 Å². The van der Waals surface area contributed by atoms with Crippen molar-refractivity contribution in [3.8, 4) is 0 Å². The minimum atomic E-state index is 0.646. The molecule has 0 spiro atoms. The van der Waals surface area contributed by atoms with Gasteiger partial charge in [-0.15, -0.1) is 0 Å². The van der Waals surface area contributed by atoms with E-state index in [9.17, 15) is 0 Å². The van der Waals surface area contributed by atoms with Crippen LogP contribution in [0.5, 0.6) is 0 Å². The molecule has 2 aliphatic heterocycles. The van der Waals surface area contributed by atoms with Crippen molar-refractivity contribution in [3.63, 3.8) is 0 Å². The third-order valence-corrected chi connectivity index (χ3v) is 2.94. The molecule has 2 rings (SSSR count). The van der Waals surface area contributed by atoms with Crippen molar-refractivity contribution in [1.82, 2.24) is 15.5 Å². The molecule has 14 heavy (non-hydrogen) atoms. The molecule has 2 aliphatic rings. The zero-order chi connectivity index (χ0) is 9.80. The van der Waals surface area contributed by atoms with Crippen LogP contribution in [-0.2, 0) is 0 Å². The van der Waals surface area contributed by atoms with E-state index in [1.54, 1.807) is 0 Å². The highest BCUT2D eigenvalue weighted by Gasteiger charge is 2.16. The normalized spacial score (nSPS) is 27.6. The van der Waals surface area contributed by atoms with E-state index in [1.807, 2.05) is 0 Å². The fourth-order valence-corrected chi connectivity index (χ4v) is 2.06. The monoisotopic (exact) mass is 196 g/mol. The molecule has 0 aromatic carbocycles. The number of aliphatic imine (C=N–C) groups is 1. The molecular formula is C10H20N4. The van der Waals surface area contributed by atoms with E-state index in [2.05, 4.69) is 27.6 Å². The van der Waals surface area contributed by atoms with Gasteiger partial charge in [0.1, 0.15) is 0 Å². The molecule has 0 radical (unpaired) electrons. The second kappa shape index (κ2) is 4.64. The summed E-state index contributed by atoms with van der Waals surface area (Å²) in [6.07, 6.45) is 3.79. The Bertz CT molecular complexity index is 208. The molecule has 4 nitrogen and oxygen atoms in total. The number of guanidine groups is 1. The van der Waals surface area contributed by atoms with Crippen molar-refractivity contribution in [2.75, 3.05) is 33.2 Å². The van der Waals surface area contributed by atoms with Crippen molar-refractivity contribution < 1.29 is 0 Å². The maximum atomic E-state index is 4.48. The Kier molecular flexibility index (Phi) is 3.24. The molecule has 0 amide bonds. The Morgan fingerprint density at radius 1 is 1.57 bits per heavy atom. The van der Waals surface area contributed by atoms with E-state index < -0.39 is 0 Å². The summed E-state index contributed by atoms with van der Waals surface area (Å²) >= 11 is 0. The smallest absolute Gasteiger partial charge is 0.193 e. The number of nitrogens with one attached hydrogen (secondary N) is 2. The highest BCUT2D eigenvalue weighted by atomic mass is 15.3. The first-order chi connectivity index (χ1) is 6.86. The third kappa shape index (κ3) is 2.38. The number of hydrogen-bond acceptors (Lipinski definition) is 4. The molecule has 1 unspecified atom stereocenters. The van der Waals surface area contributed by atoms with E-state index in [-0.39, 0.29) is 0 Å². The fraction of sp³-hybridized carbons (Fsp3) is 0.900. The summed E-state index contributed by atoms with van der Waals surface area (Å²) in [5.41, 5.74) is 0. The van der Waals surface area contributed by atoms with Gasteiger partial charge in [0.25, 0.3) is 0 Å². The Morgan fingerprint density at radius 2 is 2.50 bits per heavy atom. The highest BCUT2D eigenvalue weighted by Crippen LogP contribution is 2.04. The standard InChI is InChI=1S/C10H20N4/c1-14-7-3-6-12-10(14)13-8-9-4-2-5-11-9/h9,11H,2-8H2,1H3,(H,12,13). The molecule has 4 heteroatoms. The van der Waals surface area contributed by atoms with Crippen LogP contribution in [0.3, 0.4) is 0 Å². The van der Waals surface area contributed by atoms with Gasteiger partial charge in [0, 0.05) is 32.7 Å². The molecular weight excluding hydrogens is 176 g/mol. The molecule has 80 valence electrons. The molecule has 1 saturated heterocycles. The van der Waals surface area contributed by atoms with Crippen LogP contribution in [0.2, 0.25) is 0 Å². The van der Waals surface area contributed by atoms with Crippen molar-refractivity contribution >= 4 is 5.96 Å². The molecule has 2 N–H and O–H groups in total. The summed E-state index contributed by atoms with van der Waals surface area (Å²) in [7, 11) is 2.10. The van der Waals surface area contributed by atoms with Gasteiger partial charge < -0.3 is 15.5 Å². The molecule has 0 bridgehead atoms. The van der Waals surface area contributed by atoms with E-state index in [0.29, 0.717) is 6.04 Å². The van der Waals surface area contributed by atoms with Crippen molar-refractivity contribution in [2.24, 2.45) is 4.99 Å². The maximum Gasteiger partial charge on any atom is 0.193 e. The van der Waals surface area contributed by atoms with Crippen molar-refractivity contribution in [1.29, 1.82) is 0 Å². The summed E-state index contributed by atoms with van der Waals surface area (Å²) in [5, 5.41) is 6.90. The molecule has 1 fully saturated rings. The predicted molar refractivity (Wildman–Crippen MR) is 58.6 cm³/mol.